The molecule has 0 saturated carbocycles. The van der Waals surface area contributed by atoms with Gasteiger partial charge >= 0.3 is 0 Å². The van der Waals surface area contributed by atoms with Crippen molar-refractivity contribution in [2.24, 2.45) is 0 Å². The number of likely N-dealkylation sites (tertiary alicyclic amines) is 1. The zero-order valence-electron chi connectivity index (χ0n) is 16.0. The molecular formula is C22H20Cl2N2O4. The molecule has 30 heavy (non-hydrogen) atoms. The summed E-state index contributed by atoms with van der Waals surface area (Å²) >= 11 is 12.1. The van der Waals surface area contributed by atoms with Crippen molar-refractivity contribution >= 4 is 40.8 Å². The van der Waals surface area contributed by atoms with Crippen molar-refractivity contribution < 1.29 is 19.1 Å². The maximum atomic E-state index is 13.4. The molecule has 0 radical (unpaired) electrons. The molecule has 0 aromatic heterocycles. The molecule has 3 atom stereocenters. The fourth-order valence-corrected chi connectivity index (χ4v) is 4.30. The van der Waals surface area contributed by atoms with Gasteiger partial charge in [0, 0.05) is 18.5 Å². The smallest absolute Gasteiger partial charge is 0.251 e. The lowest BCUT2D eigenvalue weighted by atomic mass is 10.0. The third-order valence-electron chi connectivity index (χ3n) is 5.46. The first-order valence-electron chi connectivity index (χ1n) is 9.68. The number of ether oxygens (including phenoxy) is 1. The summed E-state index contributed by atoms with van der Waals surface area (Å²) in [6.45, 7) is 0.436. The monoisotopic (exact) mass is 446 g/mol. The largest absolute Gasteiger partial charge is 0.368 e. The lowest BCUT2D eigenvalue weighted by molar-refractivity contribution is -0.138. The fourth-order valence-electron chi connectivity index (χ4n) is 3.98. The number of ketones is 1. The second kappa shape index (κ2) is 8.76. The van der Waals surface area contributed by atoms with Gasteiger partial charge in [-0.3, -0.25) is 14.4 Å². The van der Waals surface area contributed by atoms with Crippen LogP contribution in [0.15, 0.2) is 48.5 Å². The zero-order valence-corrected chi connectivity index (χ0v) is 17.5. The van der Waals surface area contributed by atoms with Gasteiger partial charge in [-0.15, -0.1) is 0 Å². The predicted octanol–water partition coefficient (Wildman–Crippen LogP) is 2.90. The zero-order chi connectivity index (χ0) is 21.3. The number of hydrogen-bond acceptors (Lipinski definition) is 4. The first kappa shape index (κ1) is 20.8. The van der Waals surface area contributed by atoms with Gasteiger partial charge in [0.25, 0.3) is 5.91 Å². The van der Waals surface area contributed by atoms with Crippen molar-refractivity contribution in [1.29, 1.82) is 0 Å². The lowest BCUT2D eigenvalue weighted by Gasteiger charge is -2.27. The van der Waals surface area contributed by atoms with Gasteiger partial charge in [0.05, 0.1) is 16.1 Å². The summed E-state index contributed by atoms with van der Waals surface area (Å²) in [5, 5.41) is 3.61. The Kier molecular flexibility index (Phi) is 6.09. The van der Waals surface area contributed by atoms with Crippen molar-refractivity contribution in [3.63, 3.8) is 0 Å². The van der Waals surface area contributed by atoms with E-state index < -0.39 is 12.1 Å². The molecule has 2 aliphatic heterocycles. The minimum absolute atomic E-state index is 0.0208. The Morgan fingerprint density at radius 1 is 1.13 bits per heavy atom. The number of carbonyl (C=O) groups excluding carboxylic acids is 3. The molecule has 2 aliphatic rings. The summed E-state index contributed by atoms with van der Waals surface area (Å²) in [4.78, 5) is 39.9. The quantitative estimate of drug-likeness (QED) is 0.765. The van der Waals surface area contributed by atoms with E-state index >= 15 is 0 Å². The van der Waals surface area contributed by atoms with Gasteiger partial charge in [-0.25, -0.2) is 0 Å². The Bertz CT molecular complexity index is 982. The normalized spacial score (nSPS) is 21.4. The lowest BCUT2D eigenvalue weighted by Crippen LogP contribution is -2.53. The van der Waals surface area contributed by atoms with Crippen LogP contribution in [-0.4, -0.2) is 53.8 Å². The molecule has 2 amide bonds. The third kappa shape index (κ3) is 4.21. The van der Waals surface area contributed by atoms with Crippen molar-refractivity contribution in [1.82, 2.24) is 10.2 Å². The van der Waals surface area contributed by atoms with Crippen LogP contribution in [0, 0.1) is 0 Å². The standard InChI is InChI=1S/C22H20Cl2N2O4/c23-15-7-6-13(10-16(15)24)11-17(25-21(28)14-4-2-1-3-5-14)22(29)26-9-8-19-20(26)18(27)12-30-19/h1-7,10,17,19-20H,8-9,11-12H2,(H,25,28). The first-order valence-corrected chi connectivity index (χ1v) is 10.4. The third-order valence-corrected chi connectivity index (χ3v) is 6.20. The molecule has 2 heterocycles. The molecule has 0 spiro atoms. The molecule has 6 nitrogen and oxygen atoms in total. The van der Waals surface area contributed by atoms with Crippen LogP contribution in [-0.2, 0) is 20.7 Å². The molecule has 156 valence electrons. The van der Waals surface area contributed by atoms with Gasteiger partial charge in [-0.05, 0) is 36.2 Å². The molecule has 4 rings (SSSR count). The summed E-state index contributed by atoms with van der Waals surface area (Å²) in [6.07, 6.45) is 0.558. The molecular weight excluding hydrogens is 427 g/mol. The summed E-state index contributed by atoms with van der Waals surface area (Å²) in [5.74, 6) is -0.774. The number of benzene rings is 2. The van der Waals surface area contributed by atoms with Gasteiger partial charge < -0.3 is 15.0 Å². The number of Topliss-reactive ketones (excluding diaryl/α,β-unsaturated/α-hetero) is 1. The van der Waals surface area contributed by atoms with E-state index in [0.717, 1.165) is 5.56 Å². The van der Waals surface area contributed by atoms with Crippen LogP contribution in [0.3, 0.4) is 0 Å². The van der Waals surface area contributed by atoms with Crippen LogP contribution >= 0.6 is 23.2 Å². The first-order chi connectivity index (χ1) is 14.4. The van der Waals surface area contributed by atoms with Gasteiger partial charge in [-0.1, -0.05) is 47.5 Å². The summed E-state index contributed by atoms with van der Waals surface area (Å²) in [6, 6.07) is 12.3. The van der Waals surface area contributed by atoms with Crippen LogP contribution < -0.4 is 5.32 Å². The molecule has 2 aromatic rings. The predicted molar refractivity (Wildman–Crippen MR) is 113 cm³/mol. The van der Waals surface area contributed by atoms with Crippen LogP contribution in [0.4, 0.5) is 0 Å². The second-order valence-electron chi connectivity index (χ2n) is 7.43. The Morgan fingerprint density at radius 2 is 1.90 bits per heavy atom. The molecule has 8 heteroatoms. The van der Waals surface area contributed by atoms with Crippen molar-refractivity contribution in [3.8, 4) is 0 Å². The number of nitrogens with one attached hydrogen (secondary N) is 1. The van der Waals surface area contributed by atoms with Gasteiger partial charge in [0.15, 0.2) is 5.78 Å². The average molecular weight is 447 g/mol. The molecule has 0 bridgehead atoms. The number of halogens is 2. The molecule has 2 saturated heterocycles. The van der Waals surface area contributed by atoms with E-state index in [9.17, 15) is 14.4 Å². The van der Waals surface area contributed by atoms with Gasteiger partial charge in [0.2, 0.25) is 5.91 Å². The number of fused-ring (bicyclic) bond motifs is 1. The molecule has 3 unspecified atom stereocenters. The van der Waals surface area contributed by atoms with E-state index in [1.54, 1.807) is 42.5 Å². The van der Waals surface area contributed by atoms with Crippen LogP contribution in [0.5, 0.6) is 0 Å². The number of rotatable bonds is 5. The summed E-state index contributed by atoms with van der Waals surface area (Å²) in [7, 11) is 0. The van der Waals surface area contributed by atoms with E-state index in [2.05, 4.69) is 5.32 Å². The molecule has 2 aromatic carbocycles. The van der Waals surface area contributed by atoms with Gasteiger partial charge in [0.1, 0.15) is 18.7 Å². The number of carbonyl (C=O) groups is 3. The molecule has 0 aliphatic carbocycles. The molecule has 1 N–H and O–H groups in total. The highest BCUT2D eigenvalue weighted by Gasteiger charge is 2.48. The maximum absolute atomic E-state index is 13.4. The van der Waals surface area contributed by atoms with Crippen LogP contribution in [0.25, 0.3) is 0 Å². The average Bonchev–Trinajstić information content (AvgIpc) is 3.33. The van der Waals surface area contributed by atoms with E-state index in [1.807, 2.05) is 6.07 Å². The number of nitrogens with zero attached hydrogens (tertiary/aromatic N) is 1. The molecule has 2 fully saturated rings. The number of hydrogen-bond donors (Lipinski definition) is 1. The second-order valence-corrected chi connectivity index (χ2v) is 8.24. The topological polar surface area (TPSA) is 75.7 Å². The Morgan fingerprint density at radius 3 is 2.63 bits per heavy atom. The number of amides is 2. The van der Waals surface area contributed by atoms with E-state index in [-0.39, 0.29) is 36.7 Å². The highest BCUT2D eigenvalue weighted by Crippen LogP contribution is 2.28. The van der Waals surface area contributed by atoms with E-state index in [1.165, 1.54) is 4.90 Å². The van der Waals surface area contributed by atoms with Crippen LogP contribution in [0.1, 0.15) is 22.3 Å². The van der Waals surface area contributed by atoms with Crippen molar-refractivity contribution in [2.75, 3.05) is 13.2 Å². The minimum Gasteiger partial charge on any atom is -0.368 e. The van der Waals surface area contributed by atoms with E-state index in [0.29, 0.717) is 28.6 Å². The summed E-state index contributed by atoms with van der Waals surface area (Å²) < 4.78 is 5.48. The minimum atomic E-state index is -0.859. The fraction of sp³-hybridized carbons (Fsp3) is 0.318. The Hall–Kier alpha value is -2.41. The van der Waals surface area contributed by atoms with Gasteiger partial charge in [-0.2, -0.15) is 0 Å². The van der Waals surface area contributed by atoms with Crippen LogP contribution in [0.2, 0.25) is 10.0 Å². The highest BCUT2D eigenvalue weighted by atomic mass is 35.5. The SMILES string of the molecule is O=C(NC(Cc1ccc(Cl)c(Cl)c1)C(=O)N1CCC2OCC(=O)C21)c1ccccc1. The Labute approximate surface area is 184 Å². The van der Waals surface area contributed by atoms with Crippen molar-refractivity contribution in [2.45, 2.75) is 31.0 Å². The van der Waals surface area contributed by atoms with E-state index in [4.69, 9.17) is 27.9 Å². The highest BCUT2D eigenvalue weighted by molar-refractivity contribution is 6.42. The summed E-state index contributed by atoms with van der Waals surface area (Å²) in [5.41, 5.74) is 1.20. The Balaban J connectivity index is 1.59. The van der Waals surface area contributed by atoms with Crippen molar-refractivity contribution in [3.05, 3.63) is 69.7 Å². The maximum Gasteiger partial charge on any atom is 0.251 e.